The van der Waals surface area contributed by atoms with Crippen molar-refractivity contribution in [2.75, 3.05) is 19.1 Å². The van der Waals surface area contributed by atoms with Crippen molar-refractivity contribution in [1.29, 1.82) is 0 Å². The highest BCUT2D eigenvalue weighted by Gasteiger charge is 2.34. The smallest absolute Gasteiger partial charge is 0.270 e. The average molecular weight is 411 g/mol. The van der Waals surface area contributed by atoms with Crippen molar-refractivity contribution in [3.8, 4) is 11.5 Å². The number of carboxylic acid groups (broad SMARTS) is 1. The molecule has 9 heteroatoms. The summed E-state index contributed by atoms with van der Waals surface area (Å²) in [5.41, 5.74) is 0.661. The van der Waals surface area contributed by atoms with Crippen molar-refractivity contribution in [3.05, 3.63) is 59.2 Å². The monoisotopic (exact) mass is 411 g/mol. The number of aromatic carboxylic acids is 1. The number of methoxy groups -OCH3 is 2. The summed E-state index contributed by atoms with van der Waals surface area (Å²) in [6, 6.07) is 10.3. The Bertz CT molecular complexity index is 1050. The summed E-state index contributed by atoms with van der Waals surface area (Å²) >= 11 is 5.12. The van der Waals surface area contributed by atoms with E-state index in [-0.39, 0.29) is 16.2 Å². The number of hydrogen-bond acceptors (Lipinski definition) is 7. The molecular weight excluding hydrogens is 396 g/mol. The van der Waals surface area contributed by atoms with Gasteiger partial charge in [0.2, 0.25) is 0 Å². The SMILES string of the molecule is COc1ccc(/C=C2\C(=O)NC(=S)N(c3ccc(C(=O)[O-])cc3)C2=O)cc1OC. The van der Waals surface area contributed by atoms with E-state index < -0.39 is 17.8 Å². The van der Waals surface area contributed by atoms with Crippen LogP contribution in [0.5, 0.6) is 11.5 Å². The number of nitrogens with zero attached hydrogens (tertiary/aromatic N) is 1. The van der Waals surface area contributed by atoms with Crippen molar-refractivity contribution in [3.63, 3.8) is 0 Å². The second kappa shape index (κ2) is 8.11. The lowest BCUT2D eigenvalue weighted by atomic mass is 10.1. The predicted molar refractivity (Wildman–Crippen MR) is 107 cm³/mol. The van der Waals surface area contributed by atoms with E-state index in [1.54, 1.807) is 18.2 Å². The van der Waals surface area contributed by atoms with E-state index in [4.69, 9.17) is 21.7 Å². The molecule has 0 unspecified atom stereocenters. The van der Waals surface area contributed by atoms with Crippen LogP contribution in [-0.2, 0) is 9.59 Å². The lowest BCUT2D eigenvalue weighted by molar-refractivity contribution is -0.255. The van der Waals surface area contributed by atoms with Gasteiger partial charge in [-0.15, -0.1) is 0 Å². The van der Waals surface area contributed by atoms with E-state index in [0.29, 0.717) is 22.7 Å². The van der Waals surface area contributed by atoms with E-state index in [1.165, 1.54) is 44.6 Å². The van der Waals surface area contributed by atoms with Gasteiger partial charge in [-0.3, -0.25) is 19.8 Å². The molecule has 0 spiro atoms. The van der Waals surface area contributed by atoms with Crippen LogP contribution in [-0.4, -0.2) is 37.1 Å². The Kier molecular flexibility index (Phi) is 5.60. The molecule has 0 saturated carbocycles. The maximum absolute atomic E-state index is 13.0. The van der Waals surface area contributed by atoms with Crippen molar-refractivity contribution in [2.24, 2.45) is 0 Å². The van der Waals surface area contributed by atoms with Crippen LogP contribution in [0.25, 0.3) is 6.08 Å². The molecule has 1 fully saturated rings. The molecule has 1 heterocycles. The predicted octanol–water partition coefficient (Wildman–Crippen LogP) is 0.899. The number of carbonyl (C=O) groups excluding carboxylic acids is 3. The van der Waals surface area contributed by atoms with Crippen LogP contribution in [0.2, 0.25) is 0 Å². The van der Waals surface area contributed by atoms with Gasteiger partial charge in [-0.2, -0.15) is 0 Å². The average Bonchev–Trinajstić information content (AvgIpc) is 2.71. The number of carbonyl (C=O) groups is 3. The Morgan fingerprint density at radius 2 is 1.72 bits per heavy atom. The Hall–Kier alpha value is -3.72. The van der Waals surface area contributed by atoms with Gasteiger partial charge in [-0.05, 0) is 53.7 Å². The van der Waals surface area contributed by atoms with Crippen LogP contribution < -0.4 is 24.8 Å². The zero-order chi connectivity index (χ0) is 21.1. The highest BCUT2D eigenvalue weighted by atomic mass is 32.1. The van der Waals surface area contributed by atoms with Gasteiger partial charge in [-0.1, -0.05) is 18.2 Å². The van der Waals surface area contributed by atoms with E-state index in [1.807, 2.05) is 0 Å². The maximum Gasteiger partial charge on any atom is 0.270 e. The second-order valence-electron chi connectivity index (χ2n) is 5.91. The van der Waals surface area contributed by atoms with Crippen LogP contribution in [0.15, 0.2) is 48.0 Å². The third-order valence-electron chi connectivity index (χ3n) is 4.18. The molecule has 2 amide bonds. The van der Waals surface area contributed by atoms with Gasteiger partial charge >= 0.3 is 0 Å². The van der Waals surface area contributed by atoms with Crippen molar-refractivity contribution >= 4 is 46.9 Å². The molecule has 29 heavy (non-hydrogen) atoms. The van der Waals surface area contributed by atoms with Gasteiger partial charge in [0.25, 0.3) is 11.8 Å². The number of amides is 2. The molecule has 2 aromatic carbocycles. The number of nitrogens with one attached hydrogen (secondary N) is 1. The summed E-state index contributed by atoms with van der Waals surface area (Å²) in [6.07, 6.45) is 1.41. The van der Waals surface area contributed by atoms with Gasteiger partial charge in [0.15, 0.2) is 16.6 Å². The molecule has 0 aromatic heterocycles. The van der Waals surface area contributed by atoms with Gasteiger partial charge in [0.1, 0.15) is 5.57 Å². The zero-order valence-electron chi connectivity index (χ0n) is 15.4. The summed E-state index contributed by atoms with van der Waals surface area (Å²) in [7, 11) is 2.97. The fourth-order valence-corrected chi connectivity index (χ4v) is 3.03. The summed E-state index contributed by atoms with van der Waals surface area (Å²) in [4.78, 5) is 37.4. The number of hydrogen-bond donors (Lipinski definition) is 1. The summed E-state index contributed by atoms with van der Waals surface area (Å²) in [6.45, 7) is 0. The van der Waals surface area contributed by atoms with Crippen molar-refractivity contribution in [1.82, 2.24) is 5.32 Å². The van der Waals surface area contributed by atoms with E-state index >= 15 is 0 Å². The first kappa shape index (κ1) is 20.0. The quantitative estimate of drug-likeness (QED) is 0.442. The molecule has 2 aromatic rings. The van der Waals surface area contributed by atoms with Gasteiger partial charge < -0.3 is 19.4 Å². The molecule has 148 valence electrons. The molecule has 1 aliphatic rings. The molecule has 8 nitrogen and oxygen atoms in total. The third kappa shape index (κ3) is 3.94. The zero-order valence-corrected chi connectivity index (χ0v) is 16.2. The summed E-state index contributed by atoms with van der Waals surface area (Å²) < 4.78 is 10.4. The normalized spacial score (nSPS) is 15.3. The minimum atomic E-state index is -1.34. The largest absolute Gasteiger partial charge is 0.545 e. The Balaban J connectivity index is 1.98. The third-order valence-corrected chi connectivity index (χ3v) is 4.47. The lowest BCUT2D eigenvalue weighted by Gasteiger charge is -2.29. The first-order valence-electron chi connectivity index (χ1n) is 8.30. The van der Waals surface area contributed by atoms with Crippen molar-refractivity contribution in [2.45, 2.75) is 0 Å². The molecular formula is C20H15N2O6S-. The van der Waals surface area contributed by atoms with E-state index in [9.17, 15) is 19.5 Å². The fourth-order valence-electron chi connectivity index (χ4n) is 2.75. The highest BCUT2D eigenvalue weighted by Crippen LogP contribution is 2.29. The first-order chi connectivity index (χ1) is 13.8. The molecule has 1 aliphatic heterocycles. The molecule has 0 aliphatic carbocycles. The number of thiocarbonyl (C=S) groups is 1. The molecule has 1 saturated heterocycles. The topological polar surface area (TPSA) is 108 Å². The minimum absolute atomic E-state index is 0.0470. The summed E-state index contributed by atoms with van der Waals surface area (Å²) in [5, 5.41) is 13.3. The fraction of sp³-hybridized carbons (Fsp3) is 0.100. The Labute approximate surface area is 171 Å². The van der Waals surface area contributed by atoms with E-state index in [0.717, 1.165) is 4.90 Å². The van der Waals surface area contributed by atoms with Crippen LogP contribution >= 0.6 is 12.2 Å². The summed E-state index contributed by atoms with van der Waals surface area (Å²) in [5.74, 6) is -1.68. The van der Waals surface area contributed by atoms with E-state index in [2.05, 4.69) is 5.32 Å². The molecule has 0 atom stereocenters. The lowest BCUT2D eigenvalue weighted by Crippen LogP contribution is -2.54. The number of carboxylic acids is 1. The van der Waals surface area contributed by atoms with Crippen LogP contribution in [0, 0.1) is 0 Å². The van der Waals surface area contributed by atoms with Gasteiger partial charge in [0, 0.05) is 0 Å². The molecule has 1 N–H and O–H groups in total. The number of rotatable bonds is 5. The first-order valence-corrected chi connectivity index (χ1v) is 8.71. The second-order valence-corrected chi connectivity index (χ2v) is 6.29. The molecule has 0 bridgehead atoms. The van der Waals surface area contributed by atoms with Crippen molar-refractivity contribution < 1.29 is 29.0 Å². The van der Waals surface area contributed by atoms with Gasteiger partial charge in [-0.25, -0.2) is 0 Å². The minimum Gasteiger partial charge on any atom is -0.545 e. The number of benzene rings is 2. The van der Waals surface area contributed by atoms with Gasteiger partial charge in [0.05, 0.1) is 25.9 Å². The van der Waals surface area contributed by atoms with Crippen LogP contribution in [0.3, 0.4) is 0 Å². The Morgan fingerprint density at radius 3 is 2.31 bits per heavy atom. The number of ether oxygens (including phenoxy) is 2. The molecule has 0 radical (unpaired) electrons. The number of anilines is 1. The standard InChI is InChI=1S/C20H16N2O6S/c1-27-15-8-3-11(10-16(15)28-2)9-14-17(23)21-20(29)22(18(14)24)13-6-4-12(5-7-13)19(25)26/h3-10H,1-2H3,(H,25,26)(H,21,23,29)/p-1/b14-9+. The highest BCUT2D eigenvalue weighted by molar-refractivity contribution is 7.80. The maximum atomic E-state index is 13.0. The van der Waals surface area contributed by atoms with Crippen LogP contribution in [0.1, 0.15) is 15.9 Å². The Morgan fingerprint density at radius 1 is 1.07 bits per heavy atom. The molecule has 3 rings (SSSR count). The van der Waals surface area contributed by atoms with Crippen LogP contribution in [0.4, 0.5) is 5.69 Å².